The van der Waals surface area contributed by atoms with Crippen molar-refractivity contribution in [2.75, 3.05) is 18.5 Å². The molecule has 0 saturated heterocycles. The number of ether oxygens (including phenoxy) is 2. The fourth-order valence-corrected chi connectivity index (χ4v) is 3.74. The van der Waals surface area contributed by atoms with Crippen molar-refractivity contribution in [1.82, 2.24) is 10.2 Å². The second-order valence-electron chi connectivity index (χ2n) is 5.91. The van der Waals surface area contributed by atoms with Crippen LogP contribution in [0, 0.1) is 5.92 Å². The summed E-state index contributed by atoms with van der Waals surface area (Å²) in [5.74, 6) is 1.73. The smallest absolute Gasteiger partial charge is 0.230 e. The first-order valence-electron chi connectivity index (χ1n) is 7.71. The molecule has 24 heavy (non-hydrogen) atoms. The minimum Gasteiger partial charge on any atom is -0.486 e. The highest BCUT2D eigenvalue weighted by molar-refractivity contribution is 9.10. The summed E-state index contributed by atoms with van der Waals surface area (Å²) in [7, 11) is 0. The Balaban J connectivity index is 1.65. The Morgan fingerprint density at radius 2 is 2.00 bits per heavy atom. The fourth-order valence-electron chi connectivity index (χ4n) is 2.31. The average molecular weight is 412 g/mol. The van der Waals surface area contributed by atoms with Crippen LogP contribution < -0.4 is 14.8 Å². The molecule has 1 aliphatic rings. The van der Waals surface area contributed by atoms with Gasteiger partial charge in [0.05, 0.1) is 6.42 Å². The number of carbonyl (C=O) groups is 1. The van der Waals surface area contributed by atoms with Crippen LogP contribution in [0.15, 0.2) is 16.6 Å². The molecule has 0 unspecified atom stereocenters. The third-order valence-electron chi connectivity index (χ3n) is 3.36. The molecule has 0 aliphatic carbocycles. The Morgan fingerprint density at radius 1 is 1.29 bits per heavy atom. The Kier molecular flexibility index (Phi) is 5.35. The summed E-state index contributed by atoms with van der Waals surface area (Å²) < 4.78 is 11.9. The molecule has 1 aromatic heterocycles. The number of carbonyl (C=O) groups excluding carboxylic acids is 1. The lowest BCUT2D eigenvalue weighted by Gasteiger charge is -2.19. The van der Waals surface area contributed by atoms with E-state index in [1.807, 2.05) is 12.1 Å². The summed E-state index contributed by atoms with van der Waals surface area (Å²) in [4.78, 5) is 12.3. The highest BCUT2D eigenvalue weighted by atomic mass is 79.9. The lowest BCUT2D eigenvalue weighted by atomic mass is 10.1. The topological polar surface area (TPSA) is 73.3 Å². The largest absolute Gasteiger partial charge is 0.486 e. The van der Waals surface area contributed by atoms with Crippen molar-refractivity contribution < 1.29 is 14.3 Å². The van der Waals surface area contributed by atoms with E-state index in [2.05, 4.69) is 45.3 Å². The summed E-state index contributed by atoms with van der Waals surface area (Å²) >= 11 is 4.90. The van der Waals surface area contributed by atoms with Crippen LogP contribution in [0.1, 0.15) is 24.4 Å². The van der Waals surface area contributed by atoms with Gasteiger partial charge in [0.1, 0.15) is 18.2 Å². The van der Waals surface area contributed by atoms with Crippen LogP contribution in [0.5, 0.6) is 11.5 Å². The first kappa shape index (κ1) is 17.2. The van der Waals surface area contributed by atoms with Crippen LogP contribution in [0.4, 0.5) is 5.13 Å². The number of rotatable bonds is 5. The molecule has 0 saturated carbocycles. The average Bonchev–Trinajstić information content (AvgIpc) is 2.94. The number of hydrogen-bond donors (Lipinski definition) is 1. The third kappa shape index (κ3) is 4.24. The van der Waals surface area contributed by atoms with Crippen molar-refractivity contribution >= 4 is 38.3 Å². The Bertz CT molecular complexity index is 748. The van der Waals surface area contributed by atoms with Crippen molar-refractivity contribution in [3.8, 4) is 11.5 Å². The molecule has 6 nitrogen and oxygen atoms in total. The first-order valence-corrected chi connectivity index (χ1v) is 9.32. The van der Waals surface area contributed by atoms with Crippen LogP contribution in [-0.2, 0) is 17.6 Å². The Hall–Kier alpha value is -1.67. The second kappa shape index (κ2) is 7.48. The zero-order chi connectivity index (χ0) is 17.1. The van der Waals surface area contributed by atoms with E-state index in [1.54, 1.807) is 0 Å². The van der Waals surface area contributed by atoms with E-state index in [0.29, 0.717) is 35.8 Å². The van der Waals surface area contributed by atoms with Crippen LogP contribution in [0.25, 0.3) is 0 Å². The van der Waals surface area contributed by atoms with Crippen molar-refractivity contribution in [1.29, 1.82) is 0 Å². The molecule has 1 aromatic carbocycles. The van der Waals surface area contributed by atoms with Gasteiger partial charge in [-0.2, -0.15) is 0 Å². The van der Waals surface area contributed by atoms with E-state index in [9.17, 15) is 4.79 Å². The van der Waals surface area contributed by atoms with Crippen molar-refractivity contribution in [2.45, 2.75) is 26.7 Å². The predicted molar refractivity (Wildman–Crippen MR) is 95.9 cm³/mol. The minimum atomic E-state index is -0.139. The number of nitrogens with one attached hydrogen (secondary N) is 1. The summed E-state index contributed by atoms with van der Waals surface area (Å²) in [6, 6.07) is 3.67. The van der Waals surface area contributed by atoms with Gasteiger partial charge in [-0.3, -0.25) is 4.79 Å². The Labute approximate surface area is 152 Å². The molecular weight excluding hydrogens is 394 g/mol. The summed E-state index contributed by atoms with van der Waals surface area (Å²) in [5, 5.41) is 12.4. The van der Waals surface area contributed by atoms with Gasteiger partial charge in [-0.1, -0.05) is 41.1 Å². The van der Waals surface area contributed by atoms with E-state index < -0.39 is 0 Å². The third-order valence-corrected chi connectivity index (χ3v) is 4.96. The van der Waals surface area contributed by atoms with Gasteiger partial charge in [0.15, 0.2) is 11.5 Å². The van der Waals surface area contributed by atoms with Gasteiger partial charge in [0.2, 0.25) is 11.0 Å². The number of benzene rings is 1. The minimum absolute atomic E-state index is 0.139. The molecule has 2 heterocycles. The Morgan fingerprint density at radius 3 is 2.71 bits per heavy atom. The highest BCUT2D eigenvalue weighted by Crippen LogP contribution is 2.35. The standard InChI is InChI=1S/C16H18BrN3O3S/c1-9(2)5-15-19-20-16(24-15)18-14(21)7-10-6-12-13(8-11(10)17)23-4-3-22-12/h6,8-9H,3-5,7H2,1-2H3,(H,18,20,21). The summed E-state index contributed by atoms with van der Waals surface area (Å²) in [6.45, 7) is 5.30. The van der Waals surface area contributed by atoms with Gasteiger partial charge < -0.3 is 14.8 Å². The number of hydrogen-bond acceptors (Lipinski definition) is 6. The summed E-state index contributed by atoms with van der Waals surface area (Å²) in [5.41, 5.74) is 0.837. The SMILES string of the molecule is CC(C)Cc1nnc(NC(=O)Cc2cc3c(cc2Br)OCCO3)s1. The van der Waals surface area contributed by atoms with Crippen LogP contribution in [-0.4, -0.2) is 29.3 Å². The molecule has 0 radical (unpaired) electrons. The predicted octanol–water partition coefficient (Wildman–Crippen LogP) is 3.45. The molecule has 3 rings (SSSR count). The number of halogens is 1. The molecule has 1 N–H and O–H groups in total. The number of aromatic nitrogens is 2. The lowest BCUT2D eigenvalue weighted by molar-refractivity contribution is -0.115. The maximum atomic E-state index is 12.3. The van der Waals surface area contributed by atoms with Gasteiger partial charge in [0, 0.05) is 10.9 Å². The molecular formula is C16H18BrN3O3S. The van der Waals surface area contributed by atoms with Crippen molar-refractivity contribution in [3.63, 3.8) is 0 Å². The monoisotopic (exact) mass is 411 g/mol. The molecule has 0 atom stereocenters. The van der Waals surface area contributed by atoms with E-state index >= 15 is 0 Å². The summed E-state index contributed by atoms with van der Waals surface area (Å²) in [6.07, 6.45) is 1.08. The second-order valence-corrected chi connectivity index (χ2v) is 7.83. The van der Waals surface area contributed by atoms with Gasteiger partial charge in [-0.05, 0) is 23.6 Å². The fraction of sp³-hybridized carbons (Fsp3) is 0.438. The molecule has 2 aromatic rings. The maximum absolute atomic E-state index is 12.3. The van der Waals surface area contributed by atoms with E-state index in [4.69, 9.17) is 9.47 Å². The van der Waals surface area contributed by atoms with E-state index in [-0.39, 0.29) is 12.3 Å². The molecule has 0 bridgehead atoms. The van der Waals surface area contributed by atoms with Crippen LogP contribution >= 0.6 is 27.3 Å². The zero-order valence-electron chi connectivity index (χ0n) is 13.5. The van der Waals surface area contributed by atoms with E-state index in [1.165, 1.54) is 11.3 Å². The van der Waals surface area contributed by atoms with Crippen LogP contribution in [0.2, 0.25) is 0 Å². The van der Waals surface area contributed by atoms with Gasteiger partial charge in [-0.15, -0.1) is 10.2 Å². The number of fused-ring (bicyclic) bond motifs is 1. The zero-order valence-corrected chi connectivity index (χ0v) is 15.9. The molecule has 0 spiro atoms. The molecule has 1 aliphatic heterocycles. The molecule has 8 heteroatoms. The van der Waals surface area contributed by atoms with Crippen molar-refractivity contribution in [2.24, 2.45) is 5.92 Å². The quantitative estimate of drug-likeness (QED) is 0.815. The highest BCUT2D eigenvalue weighted by Gasteiger charge is 2.17. The number of amides is 1. The first-order chi connectivity index (χ1) is 11.5. The van der Waals surface area contributed by atoms with Gasteiger partial charge in [-0.25, -0.2) is 0 Å². The normalized spacial score (nSPS) is 13.2. The van der Waals surface area contributed by atoms with Gasteiger partial charge >= 0.3 is 0 Å². The molecule has 0 fully saturated rings. The molecule has 128 valence electrons. The molecule has 1 amide bonds. The van der Waals surface area contributed by atoms with Gasteiger partial charge in [0.25, 0.3) is 0 Å². The lowest BCUT2D eigenvalue weighted by Crippen LogP contribution is -2.17. The number of anilines is 1. The van der Waals surface area contributed by atoms with E-state index in [0.717, 1.165) is 21.5 Å². The van der Waals surface area contributed by atoms with Crippen molar-refractivity contribution in [3.05, 3.63) is 27.2 Å². The maximum Gasteiger partial charge on any atom is 0.230 e. The van der Waals surface area contributed by atoms with Crippen LogP contribution in [0.3, 0.4) is 0 Å². The number of nitrogens with zero attached hydrogens (tertiary/aromatic N) is 2.